The summed E-state index contributed by atoms with van der Waals surface area (Å²) in [7, 11) is 0. The Morgan fingerprint density at radius 3 is 1.86 bits per heavy atom. The first-order valence-corrected chi connectivity index (χ1v) is 7.39. The van der Waals surface area contributed by atoms with Gasteiger partial charge in [0.05, 0.1) is 12.6 Å². The van der Waals surface area contributed by atoms with Gasteiger partial charge in [0, 0.05) is 13.2 Å². The monoisotopic (exact) mass is 299 g/mol. The Hall–Kier alpha value is -2.17. The van der Waals surface area contributed by atoms with E-state index in [1.54, 1.807) is 0 Å². The molecule has 4 nitrogen and oxygen atoms in total. The Bertz CT molecular complexity index is 532. The zero-order chi connectivity index (χ0) is 15.8. The molecule has 0 aromatic heterocycles. The molecule has 2 aromatic carbocycles. The van der Waals surface area contributed by atoms with E-state index < -0.39 is 5.97 Å². The zero-order valence-corrected chi connectivity index (χ0v) is 12.4. The number of hydrogen-bond acceptors (Lipinski definition) is 3. The van der Waals surface area contributed by atoms with Crippen LogP contribution in [0.5, 0.6) is 0 Å². The fourth-order valence-corrected chi connectivity index (χ4v) is 2.63. The summed E-state index contributed by atoms with van der Waals surface area (Å²) < 4.78 is 0. The predicted octanol–water partition coefficient (Wildman–Crippen LogP) is 2.55. The summed E-state index contributed by atoms with van der Waals surface area (Å²) in [6.45, 7) is 0.512. The van der Waals surface area contributed by atoms with E-state index in [4.69, 9.17) is 5.11 Å². The molecule has 0 atom stereocenters. The maximum Gasteiger partial charge on any atom is 0.317 e. The van der Waals surface area contributed by atoms with E-state index in [2.05, 4.69) is 0 Å². The van der Waals surface area contributed by atoms with Crippen molar-refractivity contribution in [1.82, 2.24) is 4.90 Å². The molecule has 0 saturated carbocycles. The van der Waals surface area contributed by atoms with Crippen molar-refractivity contribution in [2.24, 2.45) is 0 Å². The van der Waals surface area contributed by atoms with E-state index in [0.29, 0.717) is 13.0 Å². The van der Waals surface area contributed by atoms with Gasteiger partial charge in [-0.1, -0.05) is 60.7 Å². The second kappa shape index (κ2) is 8.32. The molecule has 0 amide bonds. The van der Waals surface area contributed by atoms with Gasteiger partial charge in [-0.25, -0.2) is 0 Å². The second-order valence-electron chi connectivity index (χ2n) is 5.17. The molecule has 22 heavy (non-hydrogen) atoms. The molecule has 0 fully saturated rings. The maximum atomic E-state index is 11.2. The molecule has 0 aliphatic heterocycles. The molecule has 0 radical (unpaired) electrons. The van der Waals surface area contributed by atoms with Crippen molar-refractivity contribution in [2.45, 2.75) is 12.5 Å². The Labute approximate surface area is 130 Å². The van der Waals surface area contributed by atoms with Gasteiger partial charge in [0.25, 0.3) is 0 Å². The zero-order valence-electron chi connectivity index (χ0n) is 12.4. The first kappa shape index (κ1) is 16.2. The van der Waals surface area contributed by atoms with E-state index in [1.165, 1.54) is 0 Å². The number of carboxylic acid groups (broad SMARTS) is 1. The molecular formula is C18H21NO3. The third kappa shape index (κ3) is 4.41. The van der Waals surface area contributed by atoms with Gasteiger partial charge < -0.3 is 10.2 Å². The number of carbonyl (C=O) groups is 1. The molecule has 0 saturated heterocycles. The van der Waals surface area contributed by atoms with Crippen LogP contribution < -0.4 is 0 Å². The third-order valence-corrected chi connectivity index (χ3v) is 3.54. The molecule has 0 unspecified atom stereocenters. The van der Waals surface area contributed by atoms with Crippen molar-refractivity contribution < 1.29 is 15.0 Å². The first-order chi connectivity index (χ1) is 10.7. The average Bonchev–Trinajstić information content (AvgIpc) is 2.54. The number of benzene rings is 2. The number of carboxylic acids is 1. The van der Waals surface area contributed by atoms with E-state index in [-0.39, 0.29) is 19.2 Å². The van der Waals surface area contributed by atoms with Crippen molar-refractivity contribution in [3.63, 3.8) is 0 Å². The Morgan fingerprint density at radius 2 is 1.45 bits per heavy atom. The highest BCUT2D eigenvalue weighted by atomic mass is 16.4. The van der Waals surface area contributed by atoms with Gasteiger partial charge in [-0.05, 0) is 17.5 Å². The van der Waals surface area contributed by atoms with Gasteiger partial charge in [-0.3, -0.25) is 9.69 Å². The minimum Gasteiger partial charge on any atom is -0.480 e. The lowest BCUT2D eigenvalue weighted by Gasteiger charge is -2.31. The Morgan fingerprint density at radius 1 is 0.955 bits per heavy atom. The number of nitrogens with zero attached hydrogens (tertiary/aromatic N) is 1. The summed E-state index contributed by atoms with van der Waals surface area (Å²) in [6, 6.07) is 19.6. The molecule has 0 aliphatic rings. The number of aliphatic hydroxyl groups excluding tert-OH is 1. The largest absolute Gasteiger partial charge is 0.480 e. The fourth-order valence-electron chi connectivity index (χ4n) is 2.63. The number of aliphatic hydroxyl groups is 1. The lowest BCUT2D eigenvalue weighted by atomic mass is 9.97. The van der Waals surface area contributed by atoms with Crippen LogP contribution in [0.2, 0.25) is 0 Å². The van der Waals surface area contributed by atoms with E-state index in [1.807, 2.05) is 65.6 Å². The van der Waals surface area contributed by atoms with Crippen LogP contribution in [0.15, 0.2) is 60.7 Å². The van der Waals surface area contributed by atoms with Crippen LogP contribution in [-0.4, -0.2) is 40.8 Å². The lowest BCUT2D eigenvalue weighted by Crippen LogP contribution is -2.35. The average molecular weight is 299 g/mol. The molecule has 116 valence electrons. The molecule has 2 rings (SSSR count). The van der Waals surface area contributed by atoms with E-state index in [0.717, 1.165) is 11.1 Å². The fraction of sp³-hybridized carbons (Fsp3) is 0.278. The van der Waals surface area contributed by atoms with Crippen LogP contribution in [0.25, 0.3) is 0 Å². The number of hydrogen-bond donors (Lipinski definition) is 2. The standard InChI is InChI=1S/C18H21NO3/c20-13-7-12-19(14-17(21)22)18(15-8-3-1-4-9-15)16-10-5-2-6-11-16/h1-6,8-11,18,20H,7,12-14H2,(H,21,22). The summed E-state index contributed by atoms with van der Waals surface area (Å²) in [5.41, 5.74) is 2.10. The van der Waals surface area contributed by atoms with Crippen molar-refractivity contribution in [3.8, 4) is 0 Å². The summed E-state index contributed by atoms with van der Waals surface area (Å²) in [6.07, 6.45) is 0.545. The highest BCUT2D eigenvalue weighted by Crippen LogP contribution is 2.28. The normalized spacial score (nSPS) is 11.0. The smallest absolute Gasteiger partial charge is 0.317 e. The van der Waals surface area contributed by atoms with E-state index in [9.17, 15) is 9.90 Å². The third-order valence-electron chi connectivity index (χ3n) is 3.54. The second-order valence-corrected chi connectivity index (χ2v) is 5.17. The predicted molar refractivity (Wildman–Crippen MR) is 85.6 cm³/mol. The molecular weight excluding hydrogens is 278 g/mol. The van der Waals surface area contributed by atoms with Crippen LogP contribution in [0.4, 0.5) is 0 Å². The quantitative estimate of drug-likeness (QED) is 0.786. The minimum absolute atomic E-state index is 0.0480. The van der Waals surface area contributed by atoms with Crippen LogP contribution >= 0.6 is 0 Å². The summed E-state index contributed by atoms with van der Waals surface area (Å²) in [5.74, 6) is -0.866. The Kier molecular flexibility index (Phi) is 6.13. The van der Waals surface area contributed by atoms with Crippen LogP contribution in [-0.2, 0) is 4.79 Å². The van der Waals surface area contributed by atoms with Gasteiger partial charge in [0.1, 0.15) is 0 Å². The maximum absolute atomic E-state index is 11.2. The lowest BCUT2D eigenvalue weighted by molar-refractivity contribution is -0.138. The van der Waals surface area contributed by atoms with E-state index >= 15 is 0 Å². The van der Waals surface area contributed by atoms with Crippen LogP contribution in [0, 0.1) is 0 Å². The topological polar surface area (TPSA) is 60.8 Å². The number of rotatable bonds is 8. The van der Waals surface area contributed by atoms with Gasteiger partial charge in [0.15, 0.2) is 0 Å². The first-order valence-electron chi connectivity index (χ1n) is 7.39. The molecule has 0 bridgehead atoms. The van der Waals surface area contributed by atoms with Crippen molar-refractivity contribution in [2.75, 3.05) is 19.7 Å². The van der Waals surface area contributed by atoms with Gasteiger partial charge >= 0.3 is 5.97 Å². The van der Waals surface area contributed by atoms with Crippen molar-refractivity contribution in [3.05, 3.63) is 71.8 Å². The number of aliphatic carboxylic acids is 1. The summed E-state index contributed by atoms with van der Waals surface area (Å²) >= 11 is 0. The minimum atomic E-state index is -0.866. The van der Waals surface area contributed by atoms with Crippen molar-refractivity contribution in [1.29, 1.82) is 0 Å². The van der Waals surface area contributed by atoms with Gasteiger partial charge in [-0.2, -0.15) is 0 Å². The molecule has 0 heterocycles. The Balaban J connectivity index is 2.38. The van der Waals surface area contributed by atoms with Gasteiger partial charge in [-0.15, -0.1) is 0 Å². The summed E-state index contributed by atoms with van der Waals surface area (Å²) in [5, 5.41) is 18.3. The van der Waals surface area contributed by atoms with Crippen molar-refractivity contribution >= 4 is 5.97 Å². The highest BCUT2D eigenvalue weighted by Gasteiger charge is 2.23. The molecule has 4 heteroatoms. The van der Waals surface area contributed by atoms with Gasteiger partial charge in [0.2, 0.25) is 0 Å². The summed E-state index contributed by atoms with van der Waals surface area (Å²) in [4.78, 5) is 13.1. The molecule has 2 aromatic rings. The van der Waals surface area contributed by atoms with Crippen LogP contribution in [0.1, 0.15) is 23.6 Å². The van der Waals surface area contributed by atoms with Crippen LogP contribution in [0.3, 0.4) is 0 Å². The SMILES string of the molecule is O=C(O)CN(CCCO)C(c1ccccc1)c1ccccc1. The molecule has 0 aliphatic carbocycles. The highest BCUT2D eigenvalue weighted by molar-refractivity contribution is 5.69. The molecule has 2 N–H and O–H groups in total. The molecule has 0 spiro atoms.